The fourth-order valence-corrected chi connectivity index (χ4v) is 3.49. The first-order chi connectivity index (χ1) is 11.2. The first kappa shape index (κ1) is 18.4. The van der Waals surface area contributed by atoms with Crippen molar-refractivity contribution in [3.8, 4) is 0 Å². The summed E-state index contributed by atoms with van der Waals surface area (Å²) in [7, 11) is 3.25. The molecule has 3 heterocycles. The molecule has 1 unspecified atom stereocenters. The van der Waals surface area contributed by atoms with Gasteiger partial charge in [-0.05, 0) is 19.4 Å². The van der Waals surface area contributed by atoms with Crippen LogP contribution in [-0.4, -0.2) is 52.0 Å². The van der Waals surface area contributed by atoms with Gasteiger partial charge >= 0.3 is 0 Å². The maximum absolute atomic E-state index is 10.8. The van der Waals surface area contributed by atoms with Crippen LogP contribution in [0.25, 0.3) is 11.0 Å². The van der Waals surface area contributed by atoms with Crippen LogP contribution >= 0.6 is 30.3 Å². The number of aldehydes is 1. The van der Waals surface area contributed by atoms with Crippen LogP contribution in [0, 0.1) is 5.92 Å². The van der Waals surface area contributed by atoms with E-state index in [0.717, 1.165) is 49.3 Å². The van der Waals surface area contributed by atoms with Gasteiger partial charge in [-0.3, -0.25) is 3.97 Å². The zero-order valence-electron chi connectivity index (χ0n) is 13.1. The summed E-state index contributed by atoms with van der Waals surface area (Å²) < 4.78 is 6.53. The van der Waals surface area contributed by atoms with Gasteiger partial charge in [0.05, 0.1) is 5.39 Å². The molecule has 1 aliphatic rings. The van der Waals surface area contributed by atoms with E-state index in [4.69, 9.17) is 0 Å². The highest BCUT2D eigenvalue weighted by Gasteiger charge is 2.22. The summed E-state index contributed by atoms with van der Waals surface area (Å²) in [4.78, 5) is 19.4. The van der Waals surface area contributed by atoms with Crippen molar-refractivity contribution in [1.82, 2.24) is 18.9 Å². The Balaban J connectivity index is 0.000000433. The summed E-state index contributed by atoms with van der Waals surface area (Å²) in [6.45, 7) is 4.37. The van der Waals surface area contributed by atoms with Gasteiger partial charge in [-0.2, -0.15) is 0 Å². The van der Waals surface area contributed by atoms with Crippen LogP contribution in [0.15, 0.2) is 18.6 Å². The molecular formula is C14H20IN5O2S. The third-order valence-electron chi connectivity index (χ3n) is 3.49. The van der Waals surface area contributed by atoms with E-state index in [-0.39, 0.29) is 5.92 Å². The van der Waals surface area contributed by atoms with Crippen molar-refractivity contribution >= 4 is 53.5 Å². The molecular weight excluding hydrogens is 429 g/mol. The second-order valence-electron chi connectivity index (χ2n) is 4.99. The van der Waals surface area contributed by atoms with E-state index in [9.17, 15) is 4.79 Å². The number of hydrogen-bond donors (Lipinski definition) is 1. The van der Waals surface area contributed by atoms with E-state index in [2.05, 4.69) is 41.3 Å². The van der Waals surface area contributed by atoms with Gasteiger partial charge in [0.2, 0.25) is 0 Å². The van der Waals surface area contributed by atoms with Gasteiger partial charge < -0.3 is 15.0 Å². The van der Waals surface area contributed by atoms with E-state index in [1.54, 1.807) is 22.6 Å². The van der Waals surface area contributed by atoms with Crippen molar-refractivity contribution in [1.29, 1.82) is 0 Å². The molecule has 0 spiro atoms. The molecule has 1 saturated heterocycles. The predicted octanol–water partition coefficient (Wildman–Crippen LogP) is 2.78. The molecule has 2 aromatic rings. The van der Waals surface area contributed by atoms with Crippen molar-refractivity contribution in [2.24, 2.45) is 5.92 Å². The predicted molar refractivity (Wildman–Crippen MR) is 101 cm³/mol. The van der Waals surface area contributed by atoms with Crippen molar-refractivity contribution < 1.29 is 9.53 Å². The summed E-state index contributed by atoms with van der Waals surface area (Å²) in [6.07, 6.45) is 5.46. The molecule has 1 aliphatic heterocycles. The number of anilines is 1. The minimum absolute atomic E-state index is 0.124. The highest BCUT2D eigenvalue weighted by molar-refractivity contribution is 14.2. The molecule has 1 fully saturated rings. The number of hydrogen-bond acceptors (Lipinski definition) is 7. The zero-order chi connectivity index (χ0) is 16.7. The van der Waals surface area contributed by atoms with E-state index in [1.165, 1.54) is 0 Å². The molecule has 9 heteroatoms. The first-order valence-electron chi connectivity index (χ1n) is 7.30. The quantitative estimate of drug-likeness (QED) is 0.556. The van der Waals surface area contributed by atoms with Crippen LogP contribution in [-0.2, 0) is 9.53 Å². The summed E-state index contributed by atoms with van der Waals surface area (Å²) in [5, 5.41) is 3.02. The molecule has 3 rings (SSSR count). The van der Waals surface area contributed by atoms with Crippen LogP contribution in [0.1, 0.15) is 13.3 Å². The first-order valence-corrected chi connectivity index (χ1v) is 10.6. The number of halogens is 1. The van der Waals surface area contributed by atoms with E-state index in [0.29, 0.717) is 0 Å². The number of methoxy groups -OCH3 is 1. The number of nitrogens with zero attached hydrogens (tertiary/aromatic N) is 4. The number of fused-ring (bicyclic) bond motifs is 1. The van der Waals surface area contributed by atoms with E-state index in [1.807, 2.05) is 28.2 Å². The summed E-state index contributed by atoms with van der Waals surface area (Å²) >= 11 is 2.22. The van der Waals surface area contributed by atoms with Crippen LogP contribution in [0.4, 0.5) is 5.82 Å². The average Bonchev–Trinajstić information content (AvgIpc) is 3.22. The summed E-state index contributed by atoms with van der Waals surface area (Å²) in [5.74, 6) is 0.917. The number of aromatic nitrogens is 3. The van der Waals surface area contributed by atoms with Crippen LogP contribution in [0.3, 0.4) is 0 Å². The summed E-state index contributed by atoms with van der Waals surface area (Å²) in [5.41, 5.74) is 4.18. The zero-order valence-corrected chi connectivity index (χ0v) is 16.1. The number of carbonyl (C=O) groups is 1. The van der Waals surface area contributed by atoms with Crippen LogP contribution in [0.5, 0.6) is 0 Å². The maximum atomic E-state index is 10.8. The smallest absolute Gasteiger partial charge is 0.156 e. The standard InChI is InChI=1S/C11H12IN5OS.C3H8O/c12-19-17-4-2-9-10(13-7-14-11(9)17)15-16-3-1-8(5-16)6-18;1-3-4-2/h2,4,6-8H,1,3,5H2,(H,13,14,15);3H2,1-2H3. The second-order valence-corrected chi connectivity index (χ2v) is 6.70. The van der Waals surface area contributed by atoms with Crippen molar-refractivity contribution in [3.63, 3.8) is 0 Å². The number of rotatable bonds is 5. The highest BCUT2D eigenvalue weighted by Crippen LogP contribution is 2.27. The Morgan fingerprint density at radius 2 is 2.35 bits per heavy atom. The molecule has 126 valence electrons. The minimum Gasteiger partial charge on any atom is -0.385 e. The largest absolute Gasteiger partial charge is 0.385 e. The van der Waals surface area contributed by atoms with Gasteiger partial charge in [0, 0.05) is 69.2 Å². The van der Waals surface area contributed by atoms with Gasteiger partial charge in [-0.25, -0.2) is 15.0 Å². The lowest BCUT2D eigenvalue weighted by Crippen LogP contribution is -2.28. The lowest BCUT2D eigenvalue weighted by atomic mass is 10.1. The van der Waals surface area contributed by atoms with Gasteiger partial charge in [-0.1, -0.05) is 0 Å². The lowest BCUT2D eigenvalue weighted by molar-refractivity contribution is -0.110. The van der Waals surface area contributed by atoms with Gasteiger partial charge in [0.15, 0.2) is 11.5 Å². The van der Waals surface area contributed by atoms with Gasteiger partial charge in [0.25, 0.3) is 0 Å². The molecule has 0 bridgehead atoms. The Kier molecular flexibility index (Phi) is 7.53. The molecule has 23 heavy (non-hydrogen) atoms. The fourth-order valence-electron chi connectivity index (χ4n) is 2.22. The van der Waals surface area contributed by atoms with Gasteiger partial charge in [0.1, 0.15) is 12.6 Å². The Morgan fingerprint density at radius 3 is 2.96 bits per heavy atom. The Bertz CT molecular complexity index is 637. The maximum Gasteiger partial charge on any atom is 0.156 e. The Hall–Kier alpha value is -0.910. The third-order valence-corrected chi connectivity index (χ3v) is 5.21. The van der Waals surface area contributed by atoms with Gasteiger partial charge in [-0.15, -0.1) is 0 Å². The van der Waals surface area contributed by atoms with Crippen LogP contribution < -0.4 is 5.43 Å². The molecule has 0 aliphatic carbocycles. The number of hydrazine groups is 1. The summed E-state index contributed by atoms with van der Waals surface area (Å²) in [6, 6.07) is 2.00. The fraction of sp³-hybridized carbons (Fsp3) is 0.500. The molecule has 1 N–H and O–H groups in total. The van der Waals surface area contributed by atoms with Crippen LogP contribution in [0.2, 0.25) is 0 Å². The Morgan fingerprint density at radius 1 is 1.57 bits per heavy atom. The molecule has 7 nitrogen and oxygen atoms in total. The second kappa shape index (κ2) is 9.40. The number of ether oxygens (including phenoxy) is 1. The molecule has 0 radical (unpaired) electrons. The average molecular weight is 449 g/mol. The lowest BCUT2D eigenvalue weighted by Gasteiger charge is -2.17. The normalized spacial score (nSPS) is 17.8. The Labute approximate surface area is 151 Å². The molecule has 2 aromatic heterocycles. The monoisotopic (exact) mass is 449 g/mol. The SMILES string of the molecule is CCOC.O=CC1CCN(Nc2ncnc3c2ccn3SI)C1. The highest BCUT2D eigenvalue weighted by atomic mass is 127. The number of carbonyl (C=O) groups excluding carboxylic acids is 1. The van der Waals surface area contributed by atoms with Crippen molar-refractivity contribution in [3.05, 3.63) is 18.6 Å². The van der Waals surface area contributed by atoms with Crippen molar-refractivity contribution in [2.75, 3.05) is 32.2 Å². The van der Waals surface area contributed by atoms with Crippen molar-refractivity contribution in [2.45, 2.75) is 13.3 Å². The molecule has 1 atom stereocenters. The number of nitrogens with one attached hydrogen (secondary N) is 1. The molecule has 0 aromatic carbocycles. The minimum atomic E-state index is 0.124. The topological polar surface area (TPSA) is 72.3 Å². The van der Waals surface area contributed by atoms with E-state index >= 15 is 0 Å². The molecule has 0 saturated carbocycles. The molecule has 0 amide bonds. The third kappa shape index (κ3) is 4.78. The van der Waals surface area contributed by atoms with E-state index < -0.39 is 0 Å².